The van der Waals surface area contributed by atoms with E-state index in [0.717, 1.165) is 41.2 Å². The molecule has 0 bridgehead atoms. The number of carbonyl (C=O) groups is 1. The zero-order valence-corrected chi connectivity index (χ0v) is 16.1. The van der Waals surface area contributed by atoms with Gasteiger partial charge in [0.05, 0.1) is 27.7 Å². The molecule has 3 aromatic heterocycles. The lowest BCUT2D eigenvalue weighted by molar-refractivity contribution is 0.0658. The first-order valence-electron chi connectivity index (χ1n) is 9.00. The van der Waals surface area contributed by atoms with Gasteiger partial charge in [-0.05, 0) is 38.3 Å². The molecule has 1 fully saturated rings. The minimum atomic E-state index is 0.0625. The van der Waals surface area contributed by atoms with Gasteiger partial charge in [-0.2, -0.15) is 5.10 Å². The average molecular weight is 369 g/mol. The molecular weight excluding hydrogens is 346 g/mol. The fraction of sp³-hybridized carbons (Fsp3) is 0.421. The number of aromatic nitrogens is 3. The van der Waals surface area contributed by atoms with E-state index >= 15 is 0 Å². The molecule has 7 heteroatoms. The Morgan fingerprint density at radius 3 is 2.96 bits per heavy atom. The molecule has 0 aliphatic carbocycles. The molecule has 4 rings (SSSR count). The van der Waals surface area contributed by atoms with E-state index < -0.39 is 0 Å². The summed E-state index contributed by atoms with van der Waals surface area (Å²) >= 11 is 1.63. The van der Waals surface area contributed by atoms with Crippen LogP contribution in [0.25, 0.3) is 21.6 Å². The number of amides is 1. The molecule has 3 aromatic rings. The topological polar surface area (TPSA) is 63.1 Å². The predicted octanol–water partition coefficient (Wildman–Crippen LogP) is 3.17. The molecule has 1 N–H and O–H groups in total. The second-order valence-electron chi connectivity index (χ2n) is 7.00. The Labute approximate surface area is 156 Å². The van der Waals surface area contributed by atoms with Crippen molar-refractivity contribution >= 4 is 28.3 Å². The van der Waals surface area contributed by atoms with Crippen LogP contribution >= 0.6 is 11.3 Å². The SMILES string of the molecule is CC(C)n1ncc2c(C(=O)N3CCNC[C@H]3C)cc(-c3cccs3)nc21. The van der Waals surface area contributed by atoms with Gasteiger partial charge in [0.2, 0.25) is 0 Å². The van der Waals surface area contributed by atoms with Gasteiger partial charge in [0.1, 0.15) is 0 Å². The van der Waals surface area contributed by atoms with Gasteiger partial charge in [-0.25, -0.2) is 9.67 Å². The van der Waals surface area contributed by atoms with E-state index in [-0.39, 0.29) is 18.0 Å². The third-order valence-corrected chi connectivity index (χ3v) is 5.71. The summed E-state index contributed by atoms with van der Waals surface area (Å²) in [7, 11) is 0. The molecule has 4 heterocycles. The molecule has 0 spiro atoms. The molecular formula is C19H23N5OS. The number of carbonyl (C=O) groups excluding carboxylic acids is 1. The Balaban J connectivity index is 1.88. The van der Waals surface area contributed by atoms with E-state index in [1.807, 2.05) is 33.2 Å². The maximum absolute atomic E-state index is 13.4. The Morgan fingerprint density at radius 2 is 2.27 bits per heavy atom. The maximum atomic E-state index is 13.4. The number of nitrogens with zero attached hydrogens (tertiary/aromatic N) is 4. The highest BCUT2D eigenvalue weighted by atomic mass is 32.1. The zero-order chi connectivity index (χ0) is 18.3. The molecule has 1 aliphatic rings. The van der Waals surface area contributed by atoms with E-state index in [0.29, 0.717) is 5.56 Å². The van der Waals surface area contributed by atoms with Crippen molar-refractivity contribution in [1.29, 1.82) is 0 Å². The first-order valence-corrected chi connectivity index (χ1v) is 9.88. The third-order valence-electron chi connectivity index (χ3n) is 4.82. The van der Waals surface area contributed by atoms with Gasteiger partial charge in [-0.1, -0.05) is 6.07 Å². The predicted molar refractivity (Wildman–Crippen MR) is 105 cm³/mol. The highest BCUT2D eigenvalue weighted by Crippen LogP contribution is 2.30. The Bertz CT molecular complexity index is 931. The Kier molecular flexibility index (Phi) is 4.50. The molecule has 136 valence electrons. The Morgan fingerprint density at radius 1 is 1.42 bits per heavy atom. The lowest BCUT2D eigenvalue weighted by atomic mass is 10.1. The van der Waals surface area contributed by atoms with Crippen LogP contribution in [0.1, 0.15) is 37.2 Å². The second kappa shape index (κ2) is 6.81. The molecule has 0 unspecified atom stereocenters. The van der Waals surface area contributed by atoms with Crippen LogP contribution in [0.4, 0.5) is 0 Å². The van der Waals surface area contributed by atoms with E-state index in [9.17, 15) is 4.79 Å². The summed E-state index contributed by atoms with van der Waals surface area (Å²) in [6, 6.07) is 6.32. The van der Waals surface area contributed by atoms with Crippen molar-refractivity contribution in [3.63, 3.8) is 0 Å². The smallest absolute Gasteiger partial charge is 0.255 e. The lowest BCUT2D eigenvalue weighted by Crippen LogP contribution is -2.52. The number of nitrogens with one attached hydrogen (secondary N) is 1. The lowest BCUT2D eigenvalue weighted by Gasteiger charge is -2.34. The molecule has 6 nitrogen and oxygen atoms in total. The number of fused-ring (bicyclic) bond motifs is 1. The van der Waals surface area contributed by atoms with Crippen molar-refractivity contribution in [1.82, 2.24) is 25.0 Å². The summed E-state index contributed by atoms with van der Waals surface area (Å²) in [5, 5.41) is 10.7. The maximum Gasteiger partial charge on any atom is 0.255 e. The van der Waals surface area contributed by atoms with Crippen molar-refractivity contribution in [2.24, 2.45) is 0 Å². The third kappa shape index (κ3) is 2.91. The van der Waals surface area contributed by atoms with Crippen molar-refractivity contribution < 1.29 is 4.79 Å². The first-order chi connectivity index (χ1) is 12.6. The van der Waals surface area contributed by atoms with Crippen LogP contribution in [-0.4, -0.2) is 51.2 Å². The van der Waals surface area contributed by atoms with Crippen LogP contribution in [-0.2, 0) is 0 Å². The van der Waals surface area contributed by atoms with Crippen molar-refractivity contribution in [2.75, 3.05) is 19.6 Å². The van der Waals surface area contributed by atoms with E-state index in [1.165, 1.54) is 0 Å². The Hall–Kier alpha value is -2.25. The molecule has 0 radical (unpaired) electrons. The van der Waals surface area contributed by atoms with Crippen molar-refractivity contribution in [3.8, 4) is 10.6 Å². The summed E-state index contributed by atoms with van der Waals surface area (Å²) in [4.78, 5) is 21.2. The monoisotopic (exact) mass is 369 g/mol. The summed E-state index contributed by atoms with van der Waals surface area (Å²) < 4.78 is 1.89. The fourth-order valence-corrected chi connectivity index (χ4v) is 4.11. The molecule has 0 aromatic carbocycles. The molecule has 1 saturated heterocycles. The summed E-state index contributed by atoms with van der Waals surface area (Å²) in [6.07, 6.45) is 1.78. The average Bonchev–Trinajstić information content (AvgIpc) is 3.30. The molecule has 1 amide bonds. The van der Waals surface area contributed by atoms with Crippen LogP contribution in [0, 0.1) is 0 Å². The number of hydrogen-bond acceptors (Lipinski definition) is 5. The summed E-state index contributed by atoms with van der Waals surface area (Å²) in [5.74, 6) is 0.0625. The largest absolute Gasteiger partial charge is 0.333 e. The van der Waals surface area contributed by atoms with Gasteiger partial charge < -0.3 is 10.2 Å². The van der Waals surface area contributed by atoms with Crippen LogP contribution in [0.3, 0.4) is 0 Å². The summed E-state index contributed by atoms with van der Waals surface area (Å²) in [5.41, 5.74) is 2.30. The number of pyridine rings is 1. The van der Waals surface area contributed by atoms with Gasteiger partial charge in [-0.15, -0.1) is 11.3 Å². The van der Waals surface area contributed by atoms with Gasteiger partial charge in [-0.3, -0.25) is 4.79 Å². The van der Waals surface area contributed by atoms with Gasteiger partial charge in [0, 0.05) is 31.7 Å². The van der Waals surface area contributed by atoms with Crippen LogP contribution in [0.15, 0.2) is 29.8 Å². The minimum Gasteiger partial charge on any atom is -0.333 e. The van der Waals surface area contributed by atoms with E-state index in [1.54, 1.807) is 17.5 Å². The second-order valence-corrected chi connectivity index (χ2v) is 7.95. The van der Waals surface area contributed by atoms with Gasteiger partial charge in [0.25, 0.3) is 5.91 Å². The van der Waals surface area contributed by atoms with E-state index in [2.05, 4.69) is 31.2 Å². The van der Waals surface area contributed by atoms with Crippen LogP contribution in [0.5, 0.6) is 0 Å². The zero-order valence-electron chi connectivity index (χ0n) is 15.3. The van der Waals surface area contributed by atoms with E-state index in [4.69, 9.17) is 4.98 Å². The summed E-state index contributed by atoms with van der Waals surface area (Å²) in [6.45, 7) is 8.60. The number of rotatable bonds is 3. The molecule has 1 aliphatic heterocycles. The van der Waals surface area contributed by atoms with Crippen molar-refractivity contribution in [2.45, 2.75) is 32.9 Å². The molecule has 26 heavy (non-hydrogen) atoms. The highest BCUT2D eigenvalue weighted by molar-refractivity contribution is 7.13. The quantitative estimate of drug-likeness (QED) is 0.770. The number of hydrogen-bond donors (Lipinski definition) is 1. The fourth-order valence-electron chi connectivity index (χ4n) is 3.42. The van der Waals surface area contributed by atoms with Crippen LogP contribution in [0.2, 0.25) is 0 Å². The van der Waals surface area contributed by atoms with Crippen molar-refractivity contribution in [3.05, 3.63) is 35.3 Å². The number of thiophene rings is 1. The van der Waals surface area contributed by atoms with Gasteiger partial charge >= 0.3 is 0 Å². The molecule has 0 saturated carbocycles. The standard InChI is InChI=1S/C19H23N5OS/c1-12(2)24-18-15(11-21-24)14(9-16(22-18)17-5-4-8-26-17)19(25)23-7-6-20-10-13(23)3/h4-5,8-9,11-13,20H,6-7,10H2,1-3H3/t13-/m1/s1. The number of piperazine rings is 1. The minimum absolute atomic E-state index is 0.0625. The molecule has 1 atom stereocenters. The highest BCUT2D eigenvalue weighted by Gasteiger charge is 2.27. The first kappa shape index (κ1) is 17.2. The van der Waals surface area contributed by atoms with Crippen LogP contribution < -0.4 is 5.32 Å². The van der Waals surface area contributed by atoms with Gasteiger partial charge in [0.15, 0.2) is 5.65 Å². The normalized spacial score (nSPS) is 18.0.